The van der Waals surface area contributed by atoms with Gasteiger partial charge in [-0.15, -0.1) is 0 Å². The van der Waals surface area contributed by atoms with Gasteiger partial charge in [0, 0.05) is 29.2 Å². The fourth-order valence-corrected chi connectivity index (χ4v) is 1.66. The minimum atomic E-state index is -1.08. The lowest BCUT2D eigenvalue weighted by atomic mass is 9.83. The van der Waals surface area contributed by atoms with E-state index in [0.29, 0.717) is 12.1 Å². The van der Waals surface area contributed by atoms with Crippen molar-refractivity contribution in [3.63, 3.8) is 0 Å². The van der Waals surface area contributed by atoms with Crippen LogP contribution in [0.1, 0.15) is 31.9 Å². The first kappa shape index (κ1) is 14.5. The van der Waals surface area contributed by atoms with Crippen molar-refractivity contribution in [2.75, 3.05) is 0 Å². The first-order valence-electron chi connectivity index (χ1n) is 5.35. The van der Waals surface area contributed by atoms with E-state index >= 15 is 0 Å². The zero-order valence-electron chi connectivity index (χ0n) is 10.1. The molecule has 0 spiro atoms. The maximum atomic E-state index is 13.5. The highest BCUT2D eigenvalue weighted by Gasteiger charge is 2.30. The quantitative estimate of drug-likeness (QED) is 0.869. The number of hydrogen-bond acceptors (Lipinski definition) is 2. The number of carbonyl (C=O) groups is 1. The monoisotopic (exact) mass is 260 g/mol. The highest BCUT2D eigenvalue weighted by atomic mass is 19.1. The standard InChI is InChI=1S/C12H15F3N2O/c1-12(2,11(17)18)5-9(16)10-7(14)3-6(13)4-8(10)15/h3-4,9H,5,16H2,1-2H3,(H2,17,18). The lowest BCUT2D eigenvalue weighted by Crippen LogP contribution is -2.35. The lowest BCUT2D eigenvalue weighted by molar-refractivity contribution is -0.126. The van der Waals surface area contributed by atoms with Gasteiger partial charge in [0.15, 0.2) is 0 Å². The van der Waals surface area contributed by atoms with Gasteiger partial charge in [0.1, 0.15) is 17.5 Å². The summed E-state index contributed by atoms with van der Waals surface area (Å²) in [5, 5.41) is 0. The number of amides is 1. The minimum absolute atomic E-state index is 0.0399. The van der Waals surface area contributed by atoms with Gasteiger partial charge in [-0.3, -0.25) is 4.79 Å². The summed E-state index contributed by atoms with van der Waals surface area (Å²) >= 11 is 0. The molecule has 0 aliphatic rings. The Morgan fingerprint density at radius 2 is 1.72 bits per heavy atom. The Hall–Kier alpha value is -1.56. The first-order chi connectivity index (χ1) is 8.15. The molecule has 1 amide bonds. The molecule has 0 aromatic heterocycles. The van der Waals surface area contributed by atoms with Crippen LogP contribution < -0.4 is 11.5 Å². The molecule has 6 heteroatoms. The van der Waals surface area contributed by atoms with E-state index in [0.717, 1.165) is 0 Å². The molecule has 0 aliphatic carbocycles. The van der Waals surface area contributed by atoms with Gasteiger partial charge in [-0.1, -0.05) is 13.8 Å². The van der Waals surface area contributed by atoms with E-state index in [4.69, 9.17) is 11.5 Å². The molecule has 0 fully saturated rings. The summed E-state index contributed by atoms with van der Waals surface area (Å²) in [6.07, 6.45) is -0.0399. The number of benzene rings is 1. The van der Waals surface area contributed by atoms with E-state index in [1.54, 1.807) is 0 Å². The van der Waals surface area contributed by atoms with Gasteiger partial charge in [0.05, 0.1) is 0 Å². The molecule has 100 valence electrons. The van der Waals surface area contributed by atoms with Crippen LogP contribution in [-0.4, -0.2) is 5.91 Å². The van der Waals surface area contributed by atoms with Gasteiger partial charge in [-0.2, -0.15) is 0 Å². The highest BCUT2D eigenvalue weighted by molar-refractivity contribution is 5.79. The Morgan fingerprint density at radius 3 is 2.11 bits per heavy atom. The van der Waals surface area contributed by atoms with E-state index in [1.807, 2.05) is 0 Å². The maximum absolute atomic E-state index is 13.5. The first-order valence-corrected chi connectivity index (χ1v) is 5.35. The van der Waals surface area contributed by atoms with Crippen molar-refractivity contribution in [2.45, 2.75) is 26.3 Å². The van der Waals surface area contributed by atoms with Crippen LogP contribution >= 0.6 is 0 Å². The Kier molecular flexibility index (Phi) is 4.01. The second kappa shape index (κ2) is 4.97. The summed E-state index contributed by atoms with van der Waals surface area (Å²) in [5.74, 6) is -3.78. The molecule has 1 unspecified atom stereocenters. The van der Waals surface area contributed by atoms with E-state index in [2.05, 4.69) is 0 Å². The minimum Gasteiger partial charge on any atom is -0.369 e. The van der Waals surface area contributed by atoms with Crippen LogP contribution in [0, 0.1) is 22.9 Å². The van der Waals surface area contributed by atoms with Crippen LogP contribution in [-0.2, 0) is 4.79 Å². The second-order valence-electron chi connectivity index (χ2n) is 4.84. The van der Waals surface area contributed by atoms with Crippen molar-refractivity contribution in [3.05, 3.63) is 35.1 Å². The molecule has 0 saturated heterocycles. The molecule has 0 saturated carbocycles. The van der Waals surface area contributed by atoms with Crippen LogP contribution in [0.25, 0.3) is 0 Å². The lowest BCUT2D eigenvalue weighted by Gasteiger charge is -2.25. The highest BCUT2D eigenvalue weighted by Crippen LogP contribution is 2.31. The van der Waals surface area contributed by atoms with E-state index < -0.39 is 40.4 Å². The van der Waals surface area contributed by atoms with Crippen LogP contribution in [0.2, 0.25) is 0 Å². The van der Waals surface area contributed by atoms with Crippen LogP contribution in [0.4, 0.5) is 13.2 Å². The molecule has 1 aromatic carbocycles. The third-order valence-electron chi connectivity index (χ3n) is 2.81. The fraction of sp³-hybridized carbons (Fsp3) is 0.417. The zero-order chi connectivity index (χ0) is 14.1. The molecule has 3 nitrogen and oxygen atoms in total. The predicted molar refractivity (Wildman–Crippen MR) is 60.8 cm³/mol. The number of carbonyl (C=O) groups excluding carboxylic acids is 1. The van der Waals surface area contributed by atoms with E-state index in [1.165, 1.54) is 13.8 Å². The number of primary amides is 1. The van der Waals surface area contributed by atoms with E-state index in [9.17, 15) is 18.0 Å². The predicted octanol–water partition coefficient (Wildman–Crippen LogP) is 2.01. The molecule has 0 aliphatic heterocycles. The van der Waals surface area contributed by atoms with E-state index in [-0.39, 0.29) is 6.42 Å². The van der Waals surface area contributed by atoms with Gasteiger partial charge in [0.2, 0.25) is 5.91 Å². The summed E-state index contributed by atoms with van der Waals surface area (Å²) < 4.78 is 39.7. The number of nitrogens with two attached hydrogens (primary N) is 2. The molecule has 4 N–H and O–H groups in total. The smallest absolute Gasteiger partial charge is 0.223 e. The normalized spacial score (nSPS) is 13.4. The molecule has 18 heavy (non-hydrogen) atoms. The summed E-state index contributed by atoms with van der Waals surface area (Å²) in [6, 6.07) is 0.0264. The molecular weight excluding hydrogens is 245 g/mol. The van der Waals surface area contributed by atoms with Gasteiger partial charge in [-0.05, 0) is 6.42 Å². The molecule has 0 bridgehead atoms. The summed E-state index contributed by atoms with van der Waals surface area (Å²) in [4.78, 5) is 11.1. The number of rotatable bonds is 4. The molecule has 1 atom stereocenters. The molecule has 1 rings (SSSR count). The topological polar surface area (TPSA) is 69.1 Å². The molecular formula is C12H15F3N2O. The van der Waals surface area contributed by atoms with Crippen molar-refractivity contribution in [1.29, 1.82) is 0 Å². The summed E-state index contributed by atoms with van der Waals surface area (Å²) in [6.45, 7) is 3.04. The van der Waals surface area contributed by atoms with Gasteiger partial charge >= 0.3 is 0 Å². The van der Waals surface area contributed by atoms with Crippen molar-refractivity contribution in [3.8, 4) is 0 Å². The number of halogens is 3. The van der Waals surface area contributed by atoms with Crippen LogP contribution in [0.5, 0.6) is 0 Å². The Morgan fingerprint density at radius 1 is 1.28 bits per heavy atom. The van der Waals surface area contributed by atoms with Crippen molar-refractivity contribution in [2.24, 2.45) is 16.9 Å². The van der Waals surface area contributed by atoms with Gasteiger partial charge in [-0.25, -0.2) is 13.2 Å². The average Bonchev–Trinajstić information content (AvgIpc) is 2.13. The van der Waals surface area contributed by atoms with Gasteiger partial charge in [0.25, 0.3) is 0 Å². The van der Waals surface area contributed by atoms with Crippen molar-refractivity contribution >= 4 is 5.91 Å². The third kappa shape index (κ3) is 3.01. The molecule has 0 heterocycles. The Labute approximate surface area is 103 Å². The third-order valence-corrected chi connectivity index (χ3v) is 2.81. The van der Waals surface area contributed by atoms with Crippen LogP contribution in [0.3, 0.4) is 0 Å². The van der Waals surface area contributed by atoms with Gasteiger partial charge < -0.3 is 11.5 Å². The SMILES string of the molecule is CC(C)(CC(N)c1c(F)cc(F)cc1F)C(N)=O. The number of hydrogen-bond donors (Lipinski definition) is 2. The Bertz CT molecular complexity index is 451. The maximum Gasteiger partial charge on any atom is 0.223 e. The largest absolute Gasteiger partial charge is 0.369 e. The van der Waals surface area contributed by atoms with Crippen LogP contribution in [0.15, 0.2) is 12.1 Å². The fourth-order valence-electron chi connectivity index (χ4n) is 1.66. The molecule has 0 radical (unpaired) electrons. The second-order valence-corrected chi connectivity index (χ2v) is 4.84. The van der Waals surface area contributed by atoms with Crippen molar-refractivity contribution in [1.82, 2.24) is 0 Å². The summed E-state index contributed by atoms with van der Waals surface area (Å²) in [7, 11) is 0. The summed E-state index contributed by atoms with van der Waals surface area (Å²) in [5.41, 5.74) is 9.37. The van der Waals surface area contributed by atoms with Crippen molar-refractivity contribution < 1.29 is 18.0 Å². The zero-order valence-corrected chi connectivity index (χ0v) is 10.1. The molecule has 1 aromatic rings. The average molecular weight is 260 g/mol. The Balaban J connectivity index is 3.05.